The normalized spacial score (nSPS) is 10.4. The van der Waals surface area contributed by atoms with E-state index < -0.39 is 0 Å². The minimum absolute atomic E-state index is 0.0602. The molecule has 0 radical (unpaired) electrons. The minimum Gasteiger partial charge on any atom is -0.457 e. The fourth-order valence-corrected chi connectivity index (χ4v) is 4.43. The number of ether oxygens (including phenoxy) is 1. The summed E-state index contributed by atoms with van der Waals surface area (Å²) in [5.74, 6) is 0.200. The lowest BCUT2D eigenvalue weighted by molar-refractivity contribution is 0.100. The maximum atomic E-state index is 12.8. The average molecular weight is 613 g/mol. The summed E-state index contributed by atoms with van der Waals surface area (Å²) in [5.41, 5.74) is 4.72. The largest absolute Gasteiger partial charge is 0.457 e. The highest BCUT2D eigenvalue weighted by atomic mass is 16.5. The van der Waals surface area contributed by atoms with Crippen LogP contribution in [-0.2, 0) is 0 Å². The van der Waals surface area contributed by atoms with Gasteiger partial charge in [-0.1, -0.05) is 12.1 Å². The Bertz CT molecular complexity index is 1850. The molecule has 0 saturated carbocycles. The van der Waals surface area contributed by atoms with E-state index in [4.69, 9.17) is 4.74 Å². The van der Waals surface area contributed by atoms with Crippen LogP contribution in [0, 0.1) is 0 Å². The van der Waals surface area contributed by atoms with E-state index >= 15 is 0 Å². The van der Waals surface area contributed by atoms with E-state index in [1.807, 2.05) is 43.3 Å². The van der Waals surface area contributed by atoms with Crippen LogP contribution < -0.4 is 25.6 Å². The molecule has 5 rings (SSSR count). The van der Waals surface area contributed by atoms with Gasteiger partial charge in [-0.25, -0.2) is 0 Å². The van der Waals surface area contributed by atoms with Gasteiger partial charge in [-0.15, -0.1) is 0 Å². The number of Topliss-reactive ketones (excluding diaryl/α,β-unsaturated/α-hetero) is 1. The number of anilines is 4. The van der Waals surface area contributed by atoms with Gasteiger partial charge in [0.25, 0.3) is 17.7 Å². The van der Waals surface area contributed by atoms with E-state index in [0.29, 0.717) is 50.8 Å². The molecule has 230 valence electrons. The Labute approximate surface area is 266 Å². The Hall–Kier alpha value is -6.22. The molecule has 0 unspecified atom stereocenters. The Morgan fingerprint density at radius 2 is 0.761 bits per heavy atom. The molecule has 9 nitrogen and oxygen atoms in total. The number of carbonyl (C=O) groups is 4. The Morgan fingerprint density at radius 1 is 0.457 bits per heavy atom. The summed E-state index contributed by atoms with van der Waals surface area (Å²) in [5, 5.41) is 8.52. The smallest absolute Gasteiger partial charge is 0.255 e. The predicted octanol–water partition coefficient (Wildman–Crippen LogP) is 7.50. The third kappa shape index (κ3) is 8.03. The van der Waals surface area contributed by atoms with Gasteiger partial charge >= 0.3 is 0 Å². The Balaban J connectivity index is 1.11. The first-order chi connectivity index (χ1) is 22.1. The predicted molar refractivity (Wildman–Crippen MR) is 180 cm³/mol. The maximum Gasteiger partial charge on any atom is 0.255 e. The molecule has 0 atom stereocenters. The molecule has 5 aromatic carbocycles. The number of hydrogen-bond donors (Lipinski definition) is 3. The van der Waals surface area contributed by atoms with Crippen LogP contribution >= 0.6 is 0 Å². The molecule has 9 heteroatoms. The Kier molecular flexibility index (Phi) is 9.53. The zero-order chi connectivity index (χ0) is 32.6. The molecule has 0 aliphatic rings. The van der Waals surface area contributed by atoms with Crippen LogP contribution in [-0.4, -0.2) is 37.6 Å². The van der Waals surface area contributed by atoms with Crippen LogP contribution in [0.1, 0.15) is 48.4 Å². The summed E-state index contributed by atoms with van der Waals surface area (Å²) in [6, 6.07) is 34.2. The monoisotopic (exact) mass is 612 g/mol. The van der Waals surface area contributed by atoms with Crippen molar-refractivity contribution in [2.75, 3.05) is 34.9 Å². The number of ketones is 1. The molecule has 0 spiro atoms. The number of carbonyl (C=O) groups excluding carboxylic acids is 4. The lowest BCUT2D eigenvalue weighted by atomic mass is 10.1. The van der Waals surface area contributed by atoms with Crippen molar-refractivity contribution in [3.8, 4) is 11.5 Å². The molecule has 0 fully saturated rings. The summed E-state index contributed by atoms with van der Waals surface area (Å²) in [7, 11) is 3.90. The van der Waals surface area contributed by atoms with Gasteiger partial charge < -0.3 is 25.6 Å². The van der Waals surface area contributed by atoms with Crippen LogP contribution in [0.5, 0.6) is 11.5 Å². The van der Waals surface area contributed by atoms with E-state index in [-0.39, 0.29) is 23.5 Å². The van der Waals surface area contributed by atoms with Gasteiger partial charge in [0.2, 0.25) is 0 Å². The molecular weight excluding hydrogens is 580 g/mol. The van der Waals surface area contributed by atoms with Gasteiger partial charge in [-0.3, -0.25) is 19.2 Å². The molecule has 0 bridgehead atoms. The van der Waals surface area contributed by atoms with E-state index in [1.54, 1.807) is 97.1 Å². The number of amides is 3. The molecule has 0 aromatic heterocycles. The fraction of sp³-hybridized carbons (Fsp3) is 0.0811. The lowest BCUT2D eigenvalue weighted by Gasteiger charge is -2.13. The van der Waals surface area contributed by atoms with Gasteiger partial charge in [0.15, 0.2) is 5.78 Å². The molecule has 0 saturated heterocycles. The number of nitrogens with zero attached hydrogens (tertiary/aromatic N) is 1. The second kappa shape index (κ2) is 14.0. The molecule has 0 aliphatic carbocycles. The highest BCUT2D eigenvalue weighted by Gasteiger charge is 2.11. The summed E-state index contributed by atoms with van der Waals surface area (Å²) >= 11 is 0. The van der Waals surface area contributed by atoms with Gasteiger partial charge in [0.05, 0.1) is 0 Å². The van der Waals surface area contributed by atoms with Gasteiger partial charge in [0, 0.05) is 59.1 Å². The van der Waals surface area contributed by atoms with E-state index in [9.17, 15) is 19.2 Å². The number of nitrogens with one attached hydrogen (secondary N) is 3. The summed E-state index contributed by atoms with van der Waals surface area (Å²) in [6.07, 6.45) is 0. The van der Waals surface area contributed by atoms with Gasteiger partial charge in [-0.2, -0.15) is 0 Å². The van der Waals surface area contributed by atoms with E-state index in [2.05, 4.69) is 16.0 Å². The van der Waals surface area contributed by atoms with Gasteiger partial charge in [-0.05, 0) is 116 Å². The van der Waals surface area contributed by atoms with Gasteiger partial charge in [0.1, 0.15) is 11.5 Å². The number of hydrogen-bond acceptors (Lipinski definition) is 6. The maximum absolute atomic E-state index is 12.8. The van der Waals surface area contributed by atoms with Crippen LogP contribution in [0.25, 0.3) is 0 Å². The van der Waals surface area contributed by atoms with Crippen molar-refractivity contribution in [2.45, 2.75) is 6.92 Å². The van der Waals surface area contributed by atoms with Crippen LogP contribution in [0.4, 0.5) is 22.7 Å². The SMILES string of the molecule is CC(=O)c1ccc(C(=O)Nc2ccc(Oc3ccc(NC(=O)c4ccc(C(=O)Nc5ccc(N(C)C)cc5)cc4)cc3)cc2)cc1. The van der Waals surface area contributed by atoms with Crippen LogP contribution in [0.3, 0.4) is 0 Å². The van der Waals surface area contributed by atoms with Crippen molar-refractivity contribution in [3.63, 3.8) is 0 Å². The number of benzene rings is 5. The first-order valence-corrected chi connectivity index (χ1v) is 14.4. The first kappa shape index (κ1) is 31.2. The quantitative estimate of drug-likeness (QED) is 0.141. The fourth-order valence-electron chi connectivity index (χ4n) is 4.43. The standard InChI is InChI=1S/C37H32N4O5/c1-24(42)25-4-6-26(7-5-25)35(43)39-30-14-20-33(21-15-30)46-34-22-16-31(17-23-34)40-37(45)28-10-8-27(9-11-28)36(44)38-29-12-18-32(19-13-29)41(2)3/h4-23H,1-3H3,(H,38,44)(H,39,43)(H,40,45). The highest BCUT2D eigenvalue weighted by molar-refractivity contribution is 6.07. The van der Waals surface area contributed by atoms with E-state index in [0.717, 1.165) is 5.69 Å². The lowest BCUT2D eigenvalue weighted by Crippen LogP contribution is -2.14. The van der Waals surface area contributed by atoms with Crippen molar-refractivity contribution in [1.29, 1.82) is 0 Å². The number of rotatable bonds is 10. The molecule has 3 amide bonds. The first-order valence-electron chi connectivity index (χ1n) is 14.4. The van der Waals surface area contributed by atoms with Crippen LogP contribution in [0.15, 0.2) is 121 Å². The molecular formula is C37H32N4O5. The molecule has 46 heavy (non-hydrogen) atoms. The second-order valence-electron chi connectivity index (χ2n) is 10.7. The van der Waals surface area contributed by atoms with Crippen LogP contribution in [0.2, 0.25) is 0 Å². The summed E-state index contributed by atoms with van der Waals surface area (Å²) in [6.45, 7) is 1.48. The van der Waals surface area contributed by atoms with Crippen molar-refractivity contribution in [1.82, 2.24) is 0 Å². The van der Waals surface area contributed by atoms with Crippen molar-refractivity contribution in [3.05, 3.63) is 144 Å². The second-order valence-corrected chi connectivity index (χ2v) is 10.7. The molecule has 5 aromatic rings. The summed E-state index contributed by atoms with van der Waals surface area (Å²) < 4.78 is 5.90. The summed E-state index contributed by atoms with van der Waals surface area (Å²) in [4.78, 5) is 51.4. The average Bonchev–Trinajstić information content (AvgIpc) is 3.07. The third-order valence-electron chi connectivity index (χ3n) is 7.06. The minimum atomic E-state index is -0.313. The highest BCUT2D eigenvalue weighted by Crippen LogP contribution is 2.25. The zero-order valence-corrected chi connectivity index (χ0v) is 25.5. The van der Waals surface area contributed by atoms with Crippen molar-refractivity contribution in [2.24, 2.45) is 0 Å². The molecule has 3 N–H and O–H groups in total. The molecule has 0 heterocycles. The Morgan fingerprint density at radius 3 is 1.07 bits per heavy atom. The van der Waals surface area contributed by atoms with E-state index in [1.165, 1.54) is 6.92 Å². The third-order valence-corrected chi connectivity index (χ3v) is 7.06. The topological polar surface area (TPSA) is 117 Å². The zero-order valence-electron chi connectivity index (χ0n) is 25.5. The van der Waals surface area contributed by atoms with Crippen molar-refractivity contribution < 1.29 is 23.9 Å². The van der Waals surface area contributed by atoms with Crippen molar-refractivity contribution >= 4 is 46.3 Å². The molecule has 0 aliphatic heterocycles.